The first-order valence-electron chi connectivity index (χ1n) is 9.53. The molecule has 4 heteroatoms. The van der Waals surface area contributed by atoms with Gasteiger partial charge in [0.2, 0.25) is 0 Å². The van der Waals surface area contributed by atoms with E-state index in [1.165, 1.54) is 28.8 Å². The normalized spacial score (nSPS) is 17.8. The second kappa shape index (κ2) is 8.74. The zero-order chi connectivity index (χ0) is 18.5. The Morgan fingerprint density at radius 3 is 2.62 bits per heavy atom. The molecule has 2 atom stereocenters. The minimum Gasteiger partial charge on any atom is -0.392 e. The van der Waals surface area contributed by atoms with Gasteiger partial charge in [-0.1, -0.05) is 25.1 Å². The van der Waals surface area contributed by atoms with Crippen molar-refractivity contribution in [3.05, 3.63) is 70.3 Å². The molecule has 0 heterocycles. The Morgan fingerprint density at radius 2 is 1.88 bits per heavy atom. The summed E-state index contributed by atoms with van der Waals surface area (Å²) in [5.41, 5.74) is 4.67. The first kappa shape index (κ1) is 19.0. The van der Waals surface area contributed by atoms with Crippen molar-refractivity contribution in [3.63, 3.8) is 0 Å². The van der Waals surface area contributed by atoms with E-state index in [2.05, 4.69) is 30.4 Å². The van der Waals surface area contributed by atoms with E-state index in [0.717, 1.165) is 31.7 Å². The fraction of sp³-hybridized carbons (Fsp3) is 0.455. The number of hydrogen-bond donors (Lipinski definition) is 2. The number of aryl methyl sites for hydroxylation is 3. The van der Waals surface area contributed by atoms with Crippen molar-refractivity contribution in [2.24, 2.45) is 0 Å². The van der Waals surface area contributed by atoms with Gasteiger partial charge in [-0.05, 0) is 72.9 Å². The summed E-state index contributed by atoms with van der Waals surface area (Å²) in [6.07, 6.45) is 4.75. The van der Waals surface area contributed by atoms with Crippen LogP contribution in [0.3, 0.4) is 0 Å². The topological polar surface area (TPSA) is 32.3 Å². The smallest absolute Gasteiger partial charge is 0.126 e. The van der Waals surface area contributed by atoms with Crippen LogP contribution >= 0.6 is 0 Å². The standard InChI is InChI=1S/C22H27F2NO/c1-2-15-6-8-17-4-3-5-22(21(17)12-15)25-14-20(26)9-7-16-10-18(23)13-19(24)11-16/h6,8,10-13,20,22,25-26H,2-5,7,9,14H2,1H3. The van der Waals surface area contributed by atoms with E-state index < -0.39 is 17.7 Å². The molecular formula is C22H27F2NO. The van der Waals surface area contributed by atoms with Gasteiger partial charge in [-0.3, -0.25) is 0 Å². The van der Waals surface area contributed by atoms with Gasteiger partial charge in [0.1, 0.15) is 11.6 Å². The van der Waals surface area contributed by atoms with Crippen LogP contribution in [-0.4, -0.2) is 17.8 Å². The molecule has 0 aliphatic heterocycles. The molecule has 0 amide bonds. The summed E-state index contributed by atoms with van der Waals surface area (Å²) in [6, 6.07) is 10.5. The van der Waals surface area contributed by atoms with E-state index in [1.807, 2.05) is 0 Å². The van der Waals surface area contributed by atoms with Gasteiger partial charge in [-0.2, -0.15) is 0 Å². The average Bonchev–Trinajstić information content (AvgIpc) is 2.63. The molecule has 2 aromatic rings. The zero-order valence-electron chi connectivity index (χ0n) is 15.3. The highest BCUT2D eigenvalue weighted by Crippen LogP contribution is 2.30. The number of benzene rings is 2. The summed E-state index contributed by atoms with van der Waals surface area (Å²) >= 11 is 0. The van der Waals surface area contributed by atoms with Gasteiger partial charge < -0.3 is 10.4 Å². The van der Waals surface area contributed by atoms with Gasteiger partial charge in [0.15, 0.2) is 0 Å². The molecule has 1 aliphatic rings. The number of aliphatic hydroxyl groups is 1. The molecule has 0 saturated heterocycles. The Labute approximate surface area is 154 Å². The molecule has 140 valence electrons. The predicted octanol–water partition coefficient (Wildman–Crippen LogP) is 4.49. The van der Waals surface area contributed by atoms with Crippen LogP contribution < -0.4 is 5.32 Å². The minimum atomic E-state index is -0.571. The van der Waals surface area contributed by atoms with Crippen LogP contribution in [0.15, 0.2) is 36.4 Å². The van der Waals surface area contributed by atoms with Crippen molar-refractivity contribution in [3.8, 4) is 0 Å². The van der Waals surface area contributed by atoms with Crippen molar-refractivity contribution >= 4 is 0 Å². The average molecular weight is 359 g/mol. The number of aliphatic hydroxyl groups excluding tert-OH is 1. The lowest BCUT2D eigenvalue weighted by Gasteiger charge is -2.28. The van der Waals surface area contributed by atoms with Crippen molar-refractivity contribution in [1.29, 1.82) is 0 Å². The van der Waals surface area contributed by atoms with E-state index in [0.29, 0.717) is 24.9 Å². The summed E-state index contributed by atoms with van der Waals surface area (Å²) < 4.78 is 26.5. The summed E-state index contributed by atoms with van der Waals surface area (Å²) in [5, 5.41) is 13.8. The van der Waals surface area contributed by atoms with Crippen LogP contribution in [-0.2, 0) is 19.3 Å². The zero-order valence-corrected chi connectivity index (χ0v) is 15.3. The summed E-state index contributed by atoms with van der Waals surface area (Å²) in [5.74, 6) is -1.14. The lowest BCUT2D eigenvalue weighted by Crippen LogP contribution is -2.32. The SMILES string of the molecule is CCc1ccc2c(c1)C(NCC(O)CCc1cc(F)cc(F)c1)CCC2. The number of fused-ring (bicyclic) bond motifs is 1. The van der Waals surface area contributed by atoms with E-state index in [9.17, 15) is 13.9 Å². The minimum absolute atomic E-state index is 0.270. The first-order valence-corrected chi connectivity index (χ1v) is 9.53. The second-order valence-corrected chi connectivity index (χ2v) is 7.21. The van der Waals surface area contributed by atoms with Gasteiger partial charge in [0, 0.05) is 18.7 Å². The van der Waals surface area contributed by atoms with Crippen LogP contribution in [0.5, 0.6) is 0 Å². The Hall–Kier alpha value is -1.78. The molecule has 0 spiro atoms. The first-order chi connectivity index (χ1) is 12.5. The molecule has 2 aromatic carbocycles. The molecule has 0 radical (unpaired) electrons. The van der Waals surface area contributed by atoms with Crippen molar-refractivity contribution in [1.82, 2.24) is 5.32 Å². The van der Waals surface area contributed by atoms with Crippen LogP contribution in [0.1, 0.15) is 54.5 Å². The molecule has 2 nitrogen and oxygen atoms in total. The highest BCUT2D eigenvalue weighted by atomic mass is 19.1. The molecular weight excluding hydrogens is 332 g/mol. The van der Waals surface area contributed by atoms with E-state index in [1.54, 1.807) is 0 Å². The van der Waals surface area contributed by atoms with E-state index >= 15 is 0 Å². The highest BCUT2D eigenvalue weighted by Gasteiger charge is 2.20. The maximum Gasteiger partial charge on any atom is 0.126 e. The maximum absolute atomic E-state index is 13.2. The van der Waals surface area contributed by atoms with Gasteiger partial charge in [-0.15, -0.1) is 0 Å². The summed E-state index contributed by atoms with van der Waals surface area (Å²) in [6.45, 7) is 2.64. The molecule has 0 fully saturated rings. The fourth-order valence-corrected chi connectivity index (χ4v) is 3.75. The van der Waals surface area contributed by atoms with Crippen LogP contribution in [0.4, 0.5) is 8.78 Å². The maximum atomic E-state index is 13.2. The summed E-state index contributed by atoms with van der Waals surface area (Å²) in [7, 11) is 0. The molecule has 1 aliphatic carbocycles. The van der Waals surface area contributed by atoms with Gasteiger partial charge in [0.05, 0.1) is 6.10 Å². The number of rotatable bonds is 7. The number of nitrogens with one attached hydrogen (secondary N) is 1. The van der Waals surface area contributed by atoms with Gasteiger partial charge in [-0.25, -0.2) is 8.78 Å². The lowest BCUT2D eigenvalue weighted by molar-refractivity contribution is 0.156. The summed E-state index contributed by atoms with van der Waals surface area (Å²) in [4.78, 5) is 0. The third-order valence-electron chi connectivity index (χ3n) is 5.22. The number of halogens is 2. The molecule has 26 heavy (non-hydrogen) atoms. The van der Waals surface area contributed by atoms with Crippen molar-refractivity contribution in [2.75, 3.05) is 6.54 Å². The quantitative estimate of drug-likeness (QED) is 0.763. The third-order valence-corrected chi connectivity index (χ3v) is 5.22. The van der Waals surface area contributed by atoms with Crippen molar-refractivity contribution < 1.29 is 13.9 Å². The molecule has 0 saturated carbocycles. The van der Waals surface area contributed by atoms with Gasteiger partial charge >= 0.3 is 0 Å². The van der Waals surface area contributed by atoms with Crippen LogP contribution in [0.25, 0.3) is 0 Å². The predicted molar refractivity (Wildman–Crippen MR) is 100 cm³/mol. The van der Waals surface area contributed by atoms with E-state index in [-0.39, 0.29) is 6.04 Å². The fourth-order valence-electron chi connectivity index (χ4n) is 3.75. The second-order valence-electron chi connectivity index (χ2n) is 7.21. The molecule has 3 rings (SSSR count). The van der Waals surface area contributed by atoms with E-state index in [4.69, 9.17) is 0 Å². The molecule has 0 bridgehead atoms. The van der Waals surface area contributed by atoms with Crippen LogP contribution in [0, 0.1) is 11.6 Å². The Kier molecular flexibility index (Phi) is 6.38. The lowest BCUT2D eigenvalue weighted by atomic mass is 9.86. The molecule has 0 aromatic heterocycles. The monoisotopic (exact) mass is 359 g/mol. The molecule has 2 unspecified atom stereocenters. The van der Waals surface area contributed by atoms with Crippen LogP contribution in [0.2, 0.25) is 0 Å². The Bertz CT molecular complexity index is 727. The van der Waals surface area contributed by atoms with Crippen molar-refractivity contribution in [2.45, 2.75) is 57.6 Å². The Balaban J connectivity index is 1.54. The third kappa shape index (κ3) is 4.89. The van der Waals surface area contributed by atoms with Gasteiger partial charge in [0.25, 0.3) is 0 Å². The largest absolute Gasteiger partial charge is 0.392 e. The highest BCUT2D eigenvalue weighted by molar-refractivity contribution is 5.36. The molecule has 2 N–H and O–H groups in total. The number of hydrogen-bond acceptors (Lipinski definition) is 2. The Morgan fingerprint density at radius 1 is 1.12 bits per heavy atom.